The molecule has 1 fully saturated rings. The molecule has 2 heteroatoms. The molecule has 0 spiro atoms. The molecule has 2 N–H and O–H groups in total. The maximum Gasteiger partial charge on any atom is 0.0379 e. The van der Waals surface area contributed by atoms with E-state index < -0.39 is 0 Å². The smallest absolute Gasteiger partial charge is 0.0379 e. The predicted octanol–water partition coefficient (Wildman–Crippen LogP) is 1.95. The number of anilines is 1. The summed E-state index contributed by atoms with van der Waals surface area (Å²) < 4.78 is 0. The molecule has 1 aromatic rings. The van der Waals surface area contributed by atoms with Crippen molar-refractivity contribution in [2.75, 3.05) is 18.4 Å². The van der Waals surface area contributed by atoms with E-state index in [1.165, 1.54) is 30.6 Å². The van der Waals surface area contributed by atoms with E-state index in [-0.39, 0.29) is 0 Å². The summed E-state index contributed by atoms with van der Waals surface area (Å²) in [6.45, 7) is 2.31. The minimum absolute atomic E-state index is 0.669. The highest BCUT2D eigenvalue weighted by Crippen LogP contribution is 2.37. The first-order valence-electron chi connectivity index (χ1n) is 5.51. The van der Waals surface area contributed by atoms with Gasteiger partial charge >= 0.3 is 0 Å². The number of rotatable bonds is 0. The van der Waals surface area contributed by atoms with Crippen LogP contribution in [0.15, 0.2) is 24.3 Å². The summed E-state index contributed by atoms with van der Waals surface area (Å²) in [7, 11) is 0. The van der Waals surface area contributed by atoms with Crippen LogP contribution in [-0.2, 0) is 0 Å². The van der Waals surface area contributed by atoms with Gasteiger partial charge in [-0.05, 0) is 31.0 Å². The first-order chi connectivity index (χ1) is 6.95. The summed E-state index contributed by atoms with van der Waals surface area (Å²) in [4.78, 5) is 0. The molecule has 2 atom stereocenters. The molecule has 1 aromatic carbocycles. The minimum atomic E-state index is 0.669. The quantitative estimate of drug-likeness (QED) is 0.650. The lowest BCUT2D eigenvalue weighted by Gasteiger charge is -2.16. The Labute approximate surface area is 84.7 Å². The summed E-state index contributed by atoms with van der Waals surface area (Å²) in [5.41, 5.74) is 2.86. The van der Waals surface area contributed by atoms with Gasteiger partial charge in [0.25, 0.3) is 0 Å². The van der Waals surface area contributed by atoms with E-state index in [4.69, 9.17) is 0 Å². The zero-order valence-corrected chi connectivity index (χ0v) is 8.29. The SMILES string of the molecule is c1ccc2c(c1)NC1CCCNCC21. The number of fused-ring (bicyclic) bond motifs is 3. The van der Waals surface area contributed by atoms with E-state index in [9.17, 15) is 0 Å². The predicted molar refractivity (Wildman–Crippen MR) is 58.7 cm³/mol. The Kier molecular flexibility index (Phi) is 1.95. The van der Waals surface area contributed by atoms with E-state index in [1.807, 2.05) is 0 Å². The molecule has 3 rings (SSSR count). The minimum Gasteiger partial charge on any atom is -0.381 e. The Morgan fingerprint density at radius 2 is 2.14 bits per heavy atom. The van der Waals surface area contributed by atoms with Crippen molar-refractivity contribution in [3.05, 3.63) is 29.8 Å². The molecule has 0 saturated carbocycles. The van der Waals surface area contributed by atoms with Crippen LogP contribution in [0.4, 0.5) is 5.69 Å². The summed E-state index contributed by atoms with van der Waals surface area (Å²) in [6.07, 6.45) is 2.59. The standard InChI is InChI=1S/C12H16N2/c1-2-5-11-9(4-1)10-8-13-7-3-6-12(10)14-11/h1-2,4-5,10,12-14H,3,6-8H2. The number of para-hydroxylation sites is 1. The Balaban J connectivity index is 1.96. The maximum atomic E-state index is 3.64. The number of nitrogens with one attached hydrogen (secondary N) is 2. The van der Waals surface area contributed by atoms with Crippen molar-refractivity contribution in [1.29, 1.82) is 0 Å². The van der Waals surface area contributed by atoms with E-state index in [1.54, 1.807) is 0 Å². The molecule has 2 aliphatic heterocycles. The number of benzene rings is 1. The van der Waals surface area contributed by atoms with Crippen molar-refractivity contribution in [1.82, 2.24) is 5.32 Å². The molecule has 0 aliphatic carbocycles. The number of hydrogen-bond acceptors (Lipinski definition) is 2. The van der Waals surface area contributed by atoms with E-state index >= 15 is 0 Å². The maximum absolute atomic E-state index is 3.64. The van der Waals surface area contributed by atoms with Crippen LogP contribution in [0.1, 0.15) is 24.3 Å². The van der Waals surface area contributed by atoms with Gasteiger partial charge in [0.05, 0.1) is 0 Å². The van der Waals surface area contributed by atoms with Crippen LogP contribution in [0.5, 0.6) is 0 Å². The highest BCUT2D eigenvalue weighted by Gasteiger charge is 2.32. The van der Waals surface area contributed by atoms with Crippen LogP contribution < -0.4 is 10.6 Å². The molecule has 0 aromatic heterocycles. The molecule has 14 heavy (non-hydrogen) atoms. The number of hydrogen-bond donors (Lipinski definition) is 2. The lowest BCUT2D eigenvalue weighted by molar-refractivity contribution is 0.580. The fourth-order valence-electron chi connectivity index (χ4n) is 2.70. The van der Waals surface area contributed by atoms with Crippen LogP contribution in [0.2, 0.25) is 0 Å². The average molecular weight is 188 g/mol. The van der Waals surface area contributed by atoms with Gasteiger partial charge in [0.15, 0.2) is 0 Å². The van der Waals surface area contributed by atoms with Gasteiger partial charge < -0.3 is 10.6 Å². The average Bonchev–Trinajstić information content (AvgIpc) is 2.42. The monoisotopic (exact) mass is 188 g/mol. The zero-order chi connectivity index (χ0) is 9.38. The van der Waals surface area contributed by atoms with E-state index in [2.05, 4.69) is 34.9 Å². The Bertz CT molecular complexity index is 335. The Morgan fingerprint density at radius 3 is 3.14 bits per heavy atom. The molecular weight excluding hydrogens is 172 g/mol. The first kappa shape index (κ1) is 8.30. The third kappa shape index (κ3) is 1.22. The fraction of sp³-hybridized carbons (Fsp3) is 0.500. The topological polar surface area (TPSA) is 24.1 Å². The van der Waals surface area contributed by atoms with Gasteiger partial charge in [0.1, 0.15) is 0 Å². The third-order valence-corrected chi connectivity index (χ3v) is 3.42. The van der Waals surface area contributed by atoms with Gasteiger partial charge in [-0.25, -0.2) is 0 Å². The summed E-state index contributed by atoms with van der Waals surface area (Å²) in [5, 5.41) is 7.16. The molecule has 0 amide bonds. The van der Waals surface area contributed by atoms with Crippen molar-refractivity contribution in [3.8, 4) is 0 Å². The van der Waals surface area contributed by atoms with Crippen LogP contribution in [0.25, 0.3) is 0 Å². The second-order valence-electron chi connectivity index (χ2n) is 4.29. The second kappa shape index (κ2) is 3.28. The molecular formula is C12H16N2. The Hall–Kier alpha value is -1.02. The van der Waals surface area contributed by atoms with Crippen LogP contribution in [-0.4, -0.2) is 19.1 Å². The fourth-order valence-corrected chi connectivity index (χ4v) is 2.70. The van der Waals surface area contributed by atoms with Gasteiger partial charge in [-0.1, -0.05) is 18.2 Å². The molecule has 0 bridgehead atoms. The van der Waals surface area contributed by atoms with Crippen LogP contribution in [0.3, 0.4) is 0 Å². The van der Waals surface area contributed by atoms with Crippen molar-refractivity contribution >= 4 is 5.69 Å². The van der Waals surface area contributed by atoms with E-state index in [0.29, 0.717) is 12.0 Å². The van der Waals surface area contributed by atoms with Crippen molar-refractivity contribution in [2.24, 2.45) is 0 Å². The molecule has 2 heterocycles. The molecule has 0 radical (unpaired) electrons. The largest absolute Gasteiger partial charge is 0.381 e. The van der Waals surface area contributed by atoms with Gasteiger partial charge in [-0.2, -0.15) is 0 Å². The van der Waals surface area contributed by atoms with Gasteiger partial charge in [-0.3, -0.25) is 0 Å². The molecule has 74 valence electrons. The van der Waals surface area contributed by atoms with Crippen LogP contribution >= 0.6 is 0 Å². The highest BCUT2D eigenvalue weighted by atomic mass is 15.0. The van der Waals surface area contributed by atoms with Crippen molar-refractivity contribution < 1.29 is 0 Å². The lowest BCUT2D eigenvalue weighted by atomic mass is 9.94. The molecule has 2 aliphatic rings. The molecule has 1 saturated heterocycles. The first-order valence-corrected chi connectivity index (χ1v) is 5.51. The normalized spacial score (nSPS) is 30.0. The lowest BCUT2D eigenvalue weighted by Crippen LogP contribution is -2.25. The van der Waals surface area contributed by atoms with Gasteiger partial charge in [0, 0.05) is 24.2 Å². The molecule has 2 unspecified atom stereocenters. The second-order valence-corrected chi connectivity index (χ2v) is 4.29. The van der Waals surface area contributed by atoms with Gasteiger partial charge in [-0.15, -0.1) is 0 Å². The van der Waals surface area contributed by atoms with E-state index in [0.717, 1.165) is 6.54 Å². The third-order valence-electron chi connectivity index (χ3n) is 3.42. The summed E-state index contributed by atoms with van der Waals surface area (Å²) in [5.74, 6) is 0.689. The molecule has 2 nitrogen and oxygen atoms in total. The van der Waals surface area contributed by atoms with Gasteiger partial charge in [0.2, 0.25) is 0 Å². The zero-order valence-electron chi connectivity index (χ0n) is 8.29. The van der Waals surface area contributed by atoms with Crippen molar-refractivity contribution in [3.63, 3.8) is 0 Å². The Morgan fingerprint density at radius 1 is 1.21 bits per heavy atom. The highest BCUT2D eigenvalue weighted by molar-refractivity contribution is 5.59. The summed E-state index contributed by atoms with van der Waals surface area (Å²) in [6, 6.07) is 9.39. The van der Waals surface area contributed by atoms with Crippen LogP contribution in [0, 0.1) is 0 Å². The summed E-state index contributed by atoms with van der Waals surface area (Å²) >= 11 is 0. The van der Waals surface area contributed by atoms with Crippen molar-refractivity contribution in [2.45, 2.75) is 24.8 Å².